The van der Waals surface area contributed by atoms with Gasteiger partial charge in [0.25, 0.3) is 0 Å². The fraction of sp³-hybridized carbons (Fsp3) is 0.455. The predicted molar refractivity (Wildman–Crippen MR) is 58.1 cm³/mol. The molecule has 3 nitrogen and oxygen atoms in total. The number of rotatable bonds is 4. The second-order valence-electron chi connectivity index (χ2n) is 4.24. The molecule has 0 aromatic heterocycles. The molecule has 0 bridgehead atoms. The van der Waals surface area contributed by atoms with E-state index in [1.807, 2.05) is 0 Å². The van der Waals surface area contributed by atoms with E-state index in [4.69, 9.17) is 10.8 Å². The van der Waals surface area contributed by atoms with Crippen LogP contribution in [0.25, 0.3) is 0 Å². The lowest BCUT2D eigenvalue weighted by Gasteiger charge is -2.15. The van der Waals surface area contributed by atoms with Gasteiger partial charge in [-0.1, -0.05) is 0 Å². The minimum atomic E-state index is -0.305. The Morgan fingerprint density at radius 2 is 2.20 bits per heavy atom. The van der Waals surface area contributed by atoms with Crippen molar-refractivity contribution >= 4 is 11.4 Å². The van der Waals surface area contributed by atoms with E-state index in [-0.39, 0.29) is 17.8 Å². The third kappa shape index (κ3) is 2.21. The quantitative estimate of drug-likeness (QED) is 0.661. The Labute approximate surface area is 88.1 Å². The van der Waals surface area contributed by atoms with Crippen LogP contribution in [0.2, 0.25) is 0 Å². The summed E-state index contributed by atoms with van der Waals surface area (Å²) in [7, 11) is 0. The summed E-state index contributed by atoms with van der Waals surface area (Å²) in [6.45, 7) is 0.826. The first-order valence-electron chi connectivity index (χ1n) is 5.05. The van der Waals surface area contributed by atoms with Crippen molar-refractivity contribution in [3.8, 4) is 0 Å². The summed E-state index contributed by atoms with van der Waals surface area (Å²) >= 11 is 0. The minimum Gasteiger partial charge on any atom is -0.397 e. The maximum atomic E-state index is 12.9. The minimum absolute atomic E-state index is 0.00123. The Balaban J connectivity index is 2.01. The highest BCUT2D eigenvalue weighted by atomic mass is 19.1. The second kappa shape index (κ2) is 3.70. The lowest BCUT2D eigenvalue weighted by atomic mass is 10.1. The molecule has 0 radical (unpaired) electrons. The van der Waals surface area contributed by atoms with Gasteiger partial charge in [-0.15, -0.1) is 0 Å². The number of nitrogens with one attached hydrogen (secondary N) is 1. The molecule has 0 aliphatic heterocycles. The summed E-state index contributed by atoms with van der Waals surface area (Å²) in [5.41, 5.74) is 6.83. The topological polar surface area (TPSA) is 58.3 Å². The molecule has 4 heteroatoms. The molecule has 0 spiro atoms. The fourth-order valence-electron chi connectivity index (χ4n) is 1.53. The molecular formula is C11H15FN2O. The number of aliphatic hydroxyl groups is 1. The van der Waals surface area contributed by atoms with E-state index in [1.54, 1.807) is 0 Å². The van der Waals surface area contributed by atoms with Crippen LogP contribution in [0.3, 0.4) is 0 Å². The monoisotopic (exact) mass is 210 g/mol. The zero-order chi connectivity index (χ0) is 10.9. The number of hydrogen-bond acceptors (Lipinski definition) is 3. The second-order valence-corrected chi connectivity index (χ2v) is 4.24. The van der Waals surface area contributed by atoms with Crippen LogP contribution in [-0.4, -0.2) is 18.3 Å². The summed E-state index contributed by atoms with van der Waals surface area (Å²) in [5, 5.41) is 12.2. The molecule has 1 aromatic carbocycles. The SMILES string of the molecule is Nc1ccc(F)cc1NCC1(CO)CC1. The summed E-state index contributed by atoms with van der Waals surface area (Å²) in [6.07, 6.45) is 2.04. The van der Waals surface area contributed by atoms with Crippen LogP contribution >= 0.6 is 0 Å². The number of aliphatic hydroxyl groups excluding tert-OH is 1. The number of halogens is 1. The third-order valence-corrected chi connectivity index (χ3v) is 2.96. The van der Waals surface area contributed by atoms with Crippen molar-refractivity contribution in [2.75, 3.05) is 24.2 Å². The van der Waals surface area contributed by atoms with E-state index in [1.165, 1.54) is 18.2 Å². The van der Waals surface area contributed by atoms with Crippen LogP contribution in [0.15, 0.2) is 18.2 Å². The van der Waals surface area contributed by atoms with Crippen molar-refractivity contribution in [1.82, 2.24) is 0 Å². The largest absolute Gasteiger partial charge is 0.397 e. The standard InChI is InChI=1S/C11H15FN2O/c12-8-1-2-9(13)10(5-8)14-6-11(7-15)3-4-11/h1-2,5,14-15H,3-4,6-7,13H2. The Morgan fingerprint density at radius 3 is 2.80 bits per heavy atom. The molecule has 15 heavy (non-hydrogen) atoms. The first-order chi connectivity index (χ1) is 7.15. The van der Waals surface area contributed by atoms with Crippen molar-refractivity contribution in [1.29, 1.82) is 0 Å². The lowest BCUT2D eigenvalue weighted by Crippen LogP contribution is -2.19. The van der Waals surface area contributed by atoms with E-state index in [2.05, 4.69) is 5.32 Å². The van der Waals surface area contributed by atoms with Gasteiger partial charge in [-0.05, 0) is 31.0 Å². The predicted octanol–water partition coefficient (Wildman–Crippen LogP) is 1.59. The summed E-state index contributed by atoms with van der Waals surface area (Å²) < 4.78 is 12.9. The van der Waals surface area contributed by atoms with Crippen molar-refractivity contribution in [2.45, 2.75) is 12.8 Å². The maximum absolute atomic E-state index is 12.9. The molecular weight excluding hydrogens is 195 g/mol. The van der Waals surface area contributed by atoms with E-state index in [0.717, 1.165) is 12.8 Å². The highest BCUT2D eigenvalue weighted by Crippen LogP contribution is 2.45. The van der Waals surface area contributed by atoms with Crippen molar-refractivity contribution < 1.29 is 9.50 Å². The summed E-state index contributed by atoms with van der Waals surface area (Å²) in [5.74, 6) is -0.305. The molecule has 2 rings (SSSR count). The van der Waals surface area contributed by atoms with Gasteiger partial charge in [0.15, 0.2) is 0 Å². The average molecular weight is 210 g/mol. The van der Waals surface area contributed by atoms with Gasteiger partial charge in [0.1, 0.15) is 5.82 Å². The zero-order valence-corrected chi connectivity index (χ0v) is 8.46. The van der Waals surface area contributed by atoms with Crippen LogP contribution in [0.5, 0.6) is 0 Å². The van der Waals surface area contributed by atoms with Crippen molar-refractivity contribution in [3.05, 3.63) is 24.0 Å². The van der Waals surface area contributed by atoms with Gasteiger partial charge in [-0.25, -0.2) is 4.39 Å². The van der Waals surface area contributed by atoms with Gasteiger partial charge in [0, 0.05) is 12.0 Å². The van der Waals surface area contributed by atoms with E-state index in [9.17, 15) is 4.39 Å². The van der Waals surface area contributed by atoms with E-state index < -0.39 is 0 Å². The fourth-order valence-corrected chi connectivity index (χ4v) is 1.53. The molecule has 0 unspecified atom stereocenters. The molecule has 1 saturated carbocycles. The average Bonchev–Trinajstić information content (AvgIpc) is 3.00. The van der Waals surface area contributed by atoms with E-state index in [0.29, 0.717) is 17.9 Å². The van der Waals surface area contributed by atoms with Gasteiger partial charge >= 0.3 is 0 Å². The van der Waals surface area contributed by atoms with Gasteiger partial charge < -0.3 is 16.2 Å². The van der Waals surface area contributed by atoms with Gasteiger partial charge in [0.05, 0.1) is 18.0 Å². The van der Waals surface area contributed by atoms with Crippen molar-refractivity contribution in [2.24, 2.45) is 5.41 Å². The Morgan fingerprint density at radius 1 is 1.47 bits per heavy atom. The lowest BCUT2D eigenvalue weighted by molar-refractivity contribution is 0.220. The molecule has 4 N–H and O–H groups in total. The Hall–Kier alpha value is -1.29. The molecule has 0 heterocycles. The smallest absolute Gasteiger partial charge is 0.125 e. The number of hydrogen-bond donors (Lipinski definition) is 3. The highest BCUT2D eigenvalue weighted by Gasteiger charge is 2.41. The summed E-state index contributed by atoms with van der Waals surface area (Å²) in [4.78, 5) is 0. The number of benzene rings is 1. The number of nitrogens with two attached hydrogens (primary N) is 1. The Bertz CT molecular complexity index is 364. The molecule has 1 aliphatic rings. The van der Waals surface area contributed by atoms with Crippen LogP contribution in [0.4, 0.5) is 15.8 Å². The first-order valence-corrected chi connectivity index (χ1v) is 5.05. The maximum Gasteiger partial charge on any atom is 0.125 e. The highest BCUT2D eigenvalue weighted by molar-refractivity contribution is 5.65. The summed E-state index contributed by atoms with van der Waals surface area (Å²) in [6, 6.07) is 4.25. The normalized spacial score (nSPS) is 17.5. The third-order valence-electron chi connectivity index (χ3n) is 2.96. The van der Waals surface area contributed by atoms with E-state index >= 15 is 0 Å². The number of anilines is 2. The van der Waals surface area contributed by atoms with Crippen LogP contribution in [-0.2, 0) is 0 Å². The molecule has 82 valence electrons. The van der Waals surface area contributed by atoms with Gasteiger partial charge in [0.2, 0.25) is 0 Å². The van der Waals surface area contributed by atoms with Gasteiger partial charge in [-0.2, -0.15) is 0 Å². The van der Waals surface area contributed by atoms with Crippen LogP contribution in [0, 0.1) is 11.2 Å². The number of nitrogen functional groups attached to an aromatic ring is 1. The molecule has 1 aromatic rings. The first kappa shape index (κ1) is 10.2. The Kier molecular flexibility index (Phi) is 2.52. The van der Waals surface area contributed by atoms with Crippen molar-refractivity contribution in [3.63, 3.8) is 0 Å². The molecule has 0 amide bonds. The molecule has 1 fully saturated rings. The van der Waals surface area contributed by atoms with Crippen LogP contribution in [0.1, 0.15) is 12.8 Å². The van der Waals surface area contributed by atoms with Crippen LogP contribution < -0.4 is 11.1 Å². The molecule has 1 aliphatic carbocycles. The molecule has 0 saturated heterocycles. The zero-order valence-electron chi connectivity index (χ0n) is 8.46. The molecule has 0 atom stereocenters. The van der Waals surface area contributed by atoms with Gasteiger partial charge in [-0.3, -0.25) is 0 Å².